The van der Waals surface area contributed by atoms with Gasteiger partial charge in [-0.1, -0.05) is 67.7 Å². The van der Waals surface area contributed by atoms with E-state index in [-0.39, 0.29) is 29.9 Å². The van der Waals surface area contributed by atoms with Gasteiger partial charge in [0.15, 0.2) is 0 Å². The van der Waals surface area contributed by atoms with Gasteiger partial charge in [0.2, 0.25) is 11.8 Å². The van der Waals surface area contributed by atoms with Crippen LogP contribution >= 0.6 is 35.0 Å². The molecule has 2 aromatic carbocycles. The van der Waals surface area contributed by atoms with E-state index in [1.54, 1.807) is 36.4 Å². The van der Waals surface area contributed by atoms with Crippen LogP contribution in [0.15, 0.2) is 42.5 Å². The molecular weight excluding hydrogens is 470 g/mol. The largest absolute Gasteiger partial charge is 0.354 e. The molecule has 0 fully saturated rings. The first-order valence-corrected chi connectivity index (χ1v) is 12.6. The molecule has 1 atom stereocenters. The number of nitrogens with one attached hydrogen (secondary N) is 1. The van der Waals surface area contributed by atoms with Gasteiger partial charge in [-0.25, -0.2) is 4.39 Å². The third-order valence-electron chi connectivity index (χ3n) is 5.05. The van der Waals surface area contributed by atoms with Crippen molar-refractivity contribution in [3.63, 3.8) is 0 Å². The molecular formula is C24H29Cl2FN2O2S. The minimum atomic E-state index is -0.652. The number of thioether (sulfide) groups is 1. The molecule has 174 valence electrons. The van der Waals surface area contributed by atoms with Gasteiger partial charge >= 0.3 is 0 Å². The lowest BCUT2D eigenvalue weighted by Gasteiger charge is -2.31. The molecule has 2 amide bonds. The highest BCUT2D eigenvalue weighted by atomic mass is 35.5. The Morgan fingerprint density at radius 1 is 1.09 bits per heavy atom. The molecule has 8 heteroatoms. The maximum Gasteiger partial charge on any atom is 0.242 e. The molecule has 0 saturated heterocycles. The predicted molar refractivity (Wildman–Crippen MR) is 132 cm³/mol. The number of carbonyl (C=O) groups is 2. The Hall–Kier alpha value is -1.76. The Kier molecular flexibility index (Phi) is 11.4. The van der Waals surface area contributed by atoms with Crippen LogP contribution in [0.2, 0.25) is 10.0 Å². The third kappa shape index (κ3) is 7.68. The SMILES string of the molecule is CCCCNC(=O)[C@@H](CC)N(Cc1c(Cl)cccc1Cl)C(=O)CSCc1ccccc1F. The monoisotopic (exact) mass is 498 g/mol. The maximum absolute atomic E-state index is 13.9. The molecule has 4 nitrogen and oxygen atoms in total. The second kappa shape index (κ2) is 13.7. The van der Waals surface area contributed by atoms with E-state index in [0.717, 1.165) is 12.8 Å². The standard InChI is InChI=1S/C24H29Cl2FN2O2S/c1-3-5-13-28-24(31)22(4-2)29(14-18-19(25)10-8-11-20(18)26)23(30)16-32-15-17-9-6-7-12-21(17)27/h6-12,22H,3-5,13-16H2,1-2H3,(H,28,31)/t22-/m1/s1. The normalized spacial score (nSPS) is 11.8. The van der Waals surface area contributed by atoms with Crippen molar-refractivity contribution in [2.24, 2.45) is 0 Å². The zero-order valence-electron chi connectivity index (χ0n) is 18.4. The molecule has 2 rings (SSSR count). The summed E-state index contributed by atoms with van der Waals surface area (Å²) in [5.74, 6) is -0.251. The number of hydrogen-bond donors (Lipinski definition) is 1. The van der Waals surface area contributed by atoms with E-state index in [1.807, 2.05) is 13.8 Å². The highest BCUT2D eigenvalue weighted by molar-refractivity contribution is 7.99. The van der Waals surface area contributed by atoms with Crippen LogP contribution in [0.5, 0.6) is 0 Å². The van der Waals surface area contributed by atoms with Gasteiger partial charge in [-0.2, -0.15) is 0 Å². The Labute approximate surface area is 203 Å². The van der Waals surface area contributed by atoms with Crippen molar-refractivity contribution in [2.75, 3.05) is 12.3 Å². The Bertz CT molecular complexity index is 893. The van der Waals surface area contributed by atoms with Gasteiger partial charge in [-0.05, 0) is 36.6 Å². The summed E-state index contributed by atoms with van der Waals surface area (Å²) in [6.07, 6.45) is 2.27. The first-order valence-electron chi connectivity index (χ1n) is 10.7. The van der Waals surface area contributed by atoms with Crippen LogP contribution in [0, 0.1) is 5.82 Å². The molecule has 0 radical (unpaired) electrons. The van der Waals surface area contributed by atoms with Gasteiger partial charge in [-0.3, -0.25) is 9.59 Å². The van der Waals surface area contributed by atoms with Crippen molar-refractivity contribution < 1.29 is 14.0 Å². The van der Waals surface area contributed by atoms with Crippen molar-refractivity contribution in [3.8, 4) is 0 Å². The number of rotatable bonds is 12. The lowest BCUT2D eigenvalue weighted by atomic mass is 10.1. The summed E-state index contributed by atoms with van der Waals surface area (Å²) in [6, 6.07) is 11.0. The number of carbonyl (C=O) groups excluding carboxylic acids is 2. The van der Waals surface area contributed by atoms with Crippen molar-refractivity contribution in [3.05, 3.63) is 69.5 Å². The van der Waals surface area contributed by atoms with E-state index in [0.29, 0.717) is 39.9 Å². The number of amides is 2. The van der Waals surface area contributed by atoms with Crippen LogP contribution in [0.4, 0.5) is 4.39 Å². The summed E-state index contributed by atoms with van der Waals surface area (Å²) in [4.78, 5) is 27.6. The molecule has 0 heterocycles. The number of nitrogens with zero attached hydrogens (tertiary/aromatic N) is 1. The van der Waals surface area contributed by atoms with E-state index in [2.05, 4.69) is 5.32 Å². The fourth-order valence-electron chi connectivity index (χ4n) is 3.23. The van der Waals surface area contributed by atoms with Crippen molar-refractivity contribution in [1.29, 1.82) is 0 Å². The van der Waals surface area contributed by atoms with Gasteiger partial charge in [0.25, 0.3) is 0 Å². The van der Waals surface area contributed by atoms with Crippen LogP contribution in [0.25, 0.3) is 0 Å². The minimum Gasteiger partial charge on any atom is -0.354 e. The average molecular weight is 499 g/mol. The van der Waals surface area contributed by atoms with E-state index < -0.39 is 6.04 Å². The Balaban J connectivity index is 2.18. The lowest BCUT2D eigenvalue weighted by molar-refractivity contribution is -0.139. The average Bonchev–Trinajstić information content (AvgIpc) is 2.77. The summed E-state index contributed by atoms with van der Waals surface area (Å²) in [5, 5.41) is 3.80. The van der Waals surface area contributed by atoms with E-state index in [9.17, 15) is 14.0 Å². The number of unbranched alkanes of at least 4 members (excludes halogenated alkanes) is 1. The molecule has 0 aromatic heterocycles. The smallest absolute Gasteiger partial charge is 0.242 e. The molecule has 0 saturated carbocycles. The topological polar surface area (TPSA) is 49.4 Å². The lowest BCUT2D eigenvalue weighted by Crippen LogP contribution is -2.49. The molecule has 32 heavy (non-hydrogen) atoms. The minimum absolute atomic E-state index is 0.106. The summed E-state index contributed by atoms with van der Waals surface area (Å²) >= 11 is 14.0. The maximum atomic E-state index is 13.9. The van der Waals surface area contributed by atoms with Crippen LogP contribution in [0.1, 0.15) is 44.2 Å². The summed E-state index contributed by atoms with van der Waals surface area (Å²) in [5.41, 5.74) is 1.14. The fourth-order valence-corrected chi connectivity index (χ4v) is 4.64. The summed E-state index contributed by atoms with van der Waals surface area (Å²) in [7, 11) is 0. The van der Waals surface area contributed by atoms with Gasteiger partial charge in [0.1, 0.15) is 11.9 Å². The molecule has 1 N–H and O–H groups in total. The van der Waals surface area contributed by atoms with Crippen molar-refractivity contribution in [2.45, 2.75) is 51.4 Å². The van der Waals surface area contributed by atoms with Crippen LogP contribution in [-0.2, 0) is 21.9 Å². The first-order chi connectivity index (χ1) is 15.4. The van der Waals surface area contributed by atoms with Gasteiger partial charge < -0.3 is 10.2 Å². The molecule has 0 bridgehead atoms. The van der Waals surface area contributed by atoms with Crippen molar-refractivity contribution in [1.82, 2.24) is 10.2 Å². The molecule has 0 aliphatic rings. The highest BCUT2D eigenvalue weighted by Gasteiger charge is 2.29. The number of halogens is 3. The van der Waals surface area contributed by atoms with E-state index in [4.69, 9.17) is 23.2 Å². The fraction of sp³-hybridized carbons (Fsp3) is 0.417. The first kappa shape index (κ1) is 26.5. The summed E-state index contributed by atoms with van der Waals surface area (Å²) in [6.45, 7) is 4.59. The van der Waals surface area contributed by atoms with Gasteiger partial charge in [-0.15, -0.1) is 11.8 Å². The number of hydrogen-bond acceptors (Lipinski definition) is 3. The Morgan fingerprint density at radius 2 is 1.78 bits per heavy atom. The highest BCUT2D eigenvalue weighted by Crippen LogP contribution is 2.27. The van der Waals surface area contributed by atoms with Gasteiger partial charge in [0, 0.05) is 34.5 Å². The zero-order valence-corrected chi connectivity index (χ0v) is 20.7. The van der Waals surface area contributed by atoms with Crippen molar-refractivity contribution >= 4 is 46.8 Å². The molecule has 0 aliphatic heterocycles. The van der Waals surface area contributed by atoms with Crippen LogP contribution < -0.4 is 5.32 Å². The Morgan fingerprint density at radius 3 is 2.41 bits per heavy atom. The van der Waals surface area contributed by atoms with Crippen LogP contribution in [-0.4, -0.2) is 35.1 Å². The zero-order chi connectivity index (χ0) is 23.5. The third-order valence-corrected chi connectivity index (χ3v) is 6.72. The summed E-state index contributed by atoms with van der Waals surface area (Å²) < 4.78 is 13.9. The van der Waals surface area contributed by atoms with E-state index >= 15 is 0 Å². The second-order valence-electron chi connectivity index (χ2n) is 7.37. The molecule has 0 spiro atoms. The van der Waals surface area contributed by atoms with E-state index in [1.165, 1.54) is 22.7 Å². The molecule has 0 aliphatic carbocycles. The second-order valence-corrected chi connectivity index (χ2v) is 9.17. The number of benzene rings is 2. The van der Waals surface area contributed by atoms with Gasteiger partial charge in [0.05, 0.1) is 5.75 Å². The quantitative estimate of drug-likeness (QED) is 0.360. The predicted octanol–water partition coefficient (Wildman–Crippen LogP) is 6.09. The molecule has 2 aromatic rings. The molecule has 0 unspecified atom stereocenters. The van der Waals surface area contributed by atoms with Crippen LogP contribution in [0.3, 0.4) is 0 Å².